The number of hydrogen-bond donors (Lipinski definition) is 12. The fraction of sp³-hybridized carbons (Fsp3) is 0.426. The maximum atomic E-state index is 15.4. The first-order chi connectivity index (χ1) is 37.5. The standard InChI is InChI=1S/C54H69N15O9/c1-3-4-14-40(62-30(2)70)48(73)66-43-25-46(71)59-19-10-9-16-39(47(55)72)64-49(74)41(22-34-26-60-38-15-8-7-13-37(34)38)67-52(77)45-24-36(63-54(56)57)28-69(45)53(78)44(21-31-17-18-32-11-5-6-12-33(32)20-31)68-50(75)42(65-51(43)76)23-35-27-58-29-61-35/h5-8,11-13,15,17-18,20,26-27,29,36,39-45,60H,3-4,9-10,14,16,19,21-25,28H2,1-2H3,(H2,55,72)(H,58,61)(H,59,71)(H,62,70)(H,64,74)(H,65,76)(H,66,73)(H,67,77)(H,68,75)(H4,56,57,63)/t36-,39+,40+,41+,42+,43+,44-,45+/m1/s1. The largest absolute Gasteiger partial charge is 0.370 e. The van der Waals surface area contributed by atoms with E-state index in [1.165, 1.54) is 24.3 Å². The minimum absolute atomic E-state index is 0.0382. The summed E-state index contributed by atoms with van der Waals surface area (Å²) in [5, 5.41) is 21.6. The number of nitrogens with two attached hydrogens (primary N) is 3. The second-order valence-electron chi connectivity index (χ2n) is 19.8. The highest BCUT2D eigenvalue weighted by molar-refractivity contribution is 5.99. The number of benzene rings is 3. The summed E-state index contributed by atoms with van der Waals surface area (Å²) in [5.41, 5.74) is 20.0. The predicted octanol–water partition coefficient (Wildman–Crippen LogP) is -0.391. The fourth-order valence-corrected chi connectivity index (χ4v) is 9.90. The Morgan fingerprint density at radius 2 is 1.53 bits per heavy atom. The number of carbonyl (C=O) groups is 9. The van der Waals surface area contributed by atoms with Crippen LogP contribution in [0, 0.1) is 0 Å². The van der Waals surface area contributed by atoms with E-state index in [1.807, 2.05) is 67.6 Å². The second-order valence-corrected chi connectivity index (χ2v) is 19.8. The molecule has 9 amide bonds. The number of fused-ring (bicyclic) bond motifs is 3. The SMILES string of the molecule is CCCC[C@H](NC(C)=O)C(=O)N[C@H]1CC(=O)NCCCC[C@@H](C(N)=O)NC(=O)[C@H](Cc2c[nH]c3ccccc23)NC(=O)[C@@H]2C[C@@H](N=C(N)N)CN2C(=O)[C@@H](Cc2ccc3ccccc3c2)NC(=O)[C@H](Cc2cnc[nH]2)NC1=O. The number of aliphatic imine (C=N–C) groups is 1. The maximum Gasteiger partial charge on any atom is 0.246 e. The van der Waals surface area contributed by atoms with E-state index in [-0.39, 0.29) is 70.4 Å². The Kier molecular flexibility index (Phi) is 19.5. The van der Waals surface area contributed by atoms with Gasteiger partial charge in [-0.05, 0) is 53.6 Å². The number of aromatic amines is 2. The summed E-state index contributed by atoms with van der Waals surface area (Å²) < 4.78 is 0. The van der Waals surface area contributed by atoms with Crippen LogP contribution >= 0.6 is 0 Å². The summed E-state index contributed by atoms with van der Waals surface area (Å²) in [6.07, 6.45) is 5.46. The third kappa shape index (κ3) is 15.4. The molecule has 2 aliphatic rings. The Balaban J connectivity index is 1.29. The van der Waals surface area contributed by atoms with Crippen LogP contribution in [-0.4, -0.2) is 140 Å². The number of para-hydroxylation sites is 1. The van der Waals surface area contributed by atoms with Crippen molar-refractivity contribution in [1.82, 2.24) is 57.1 Å². The van der Waals surface area contributed by atoms with Crippen LogP contribution in [0.5, 0.6) is 0 Å². The van der Waals surface area contributed by atoms with Crippen LogP contribution in [0.2, 0.25) is 0 Å². The summed E-state index contributed by atoms with van der Waals surface area (Å²) >= 11 is 0. The number of nitrogens with one attached hydrogen (secondary N) is 9. The Labute approximate surface area is 450 Å². The van der Waals surface area contributed by atoms with Crippen molar-refractivity contribution in [3.63, 3.8) is 0 Å². The van der Waals surface area contributed by atoms with Crippen molar-refractivity contribution in [3.8, 4) is 0 Å². The summed E-state index contributed by atoms with van der Waals surface area (Å²) in [6.45, 7) is 3.00. The average Bonchev–Trinajstić information content (AvgIpc) is 4.21. The lowest BCUT2D eigenvalue weighted by atomic mass is 9.99. The number of aromatic nitrogens is 3. The lowest BCUT2D eigenvalue weighted by Crippen LogP contribution is -2.61. The highest BCUT2D eigenvalue weighted by Gasteiger charge is 2.44. The first kappa shape index (κ1) is 56.9. The molecule has 8 atom stereocenters. The molecule has 15 N–H and O–H groups in total. The predicted molar refractivity (Wildman–Crippen MR) is 289 cm³/mol. The normalized spacial score (nSPS) is 22.7. The maximum absolute atomic E-state index is 15.4. The molecule has 414 valence electrons. The van der Waals surface area contributed by atoms with Crippen LogP contribution in [-0.2, 0) is 62.4 Å². The van der Waals surface area contributed by atoms with E-state index in [2.05, 4.69) is 57.2 Å². The van der Waals surface area contributed by atoms with Gasteiger partial charge in [0.1, 0.15) is 42.3 Å². The molecule has 0 unspecified atom stereocenters. The van der Waals surface area contributed by atoms with Crippen molar-refractivity contribution in [3.05, 3.63) is 102 Å². The van der Waals surface area contributed by atoms with E-state index in [9.17, 15) is 38.4 Å². The van der Waals surface area contributed by atoms with Gasteiger partial charge in [0, 0.05) is 74.7 Å². The van der Waals surface area contributed by atoms with Gasteiger partial charge in [0.15, 0.2) is 5.96 Å². The Morgan fingerprint density at radius 3 is 2.26 bits per heavy atom. The van der Waals surface area contributed by atoms with Crippen LogP contribution in [0.15, 0.2) is 90.4 Å². The van der Waals surface area contributed by atoms with Crippen molar-refractivity contribution < 1.29 is 43.2 Å². The van der Waals surface area contributed by atoms with E-state index in [0.717, 1.165) is 21.7 Å². The molecule has 0 saturated carbocycles. The summed E-state index contributed by atoms with van der Waals surface area (Å²) in [4.78, 5) is 143. The van der Waals surface area contributed by atoms with Crippen molar-refractivity contribution in [2.45, 2.75) is 133 Å². The Hall–Kier alpha value is -8.83. The molecule has 24 nitrogen and oxygen atoms in total. The smallest absolute Gasteiger partial charge is 0.246 e. The minimum atomic E-state index is -1.59. The van der Waals surface area contributed by atoms with Crippen LogP contribution in [0.3, 0.4) is 0 Å². The number of amides is 9. The zero-order chi connectivity index (χ0) is 55.9. The van der Waals surface area contributed by atoms with E-state index >= 15 is 4.79 Å². The molecule has 2 aromatic heterocycles. The molecule has 3 aromatic carbocycles. The summed E-state index contributed by atoms with van der Waals surface area (Å²) in [7, 11) is 0. The van der Waals surface area contributed by atoms with Gasteiger partial charge in [0.2, 0.25) is 53.2 Å². The molecule has 0 radical (unpaired) electrons. The van der Waals surface area contributed by atoms with Gasteiger partial charge < -0.3 is 69.3 Å². The van der Waals surface area contributed by atoms with Gasteiger partial charge in [-0.3, -0.25) is 43.2 Å². The van der Waals surface area contributed by atoms with E-state index in [1.54, 1.807) is 12.3 Å². The monoisotopic (exact) mass is 1070 g/mol. The molecule has 2 saturated heterocycles. The summed E-state index contributed by atoms with van der Waals surface area (Å²) in [6, 6.07) is 10.2. The van der Waals surface area contributed by atoms with Crippen LogP contribution < -0.4 is 54.4 Å². The van der Waals surface area contributed by atoms with Crippen molar-refractivity contribution in [2.24, 2.45) is 22.2 Å². The van der Waals surface area contributed by atoms with Crippen molar-refractivity contribution >= 4 is 80.8 Å². The quantitative estimate of drug-likeness (QED) is 0.0500. The number of nitrogens with zero attached hydrogens (tertiary/aromatic N) is 3. The molecular formula is C54H69N15O9. The van der Waals surface area contributed by atoms with Gasteiger partial charge in [0.05, 0.1) is 18.8 Å². The zero-order valence-corrected chi connectivity index (χ0v) is 43.6. The molecule has 0 aliphatic carbocycles. The number of hydrogen-bond acceptors (Lipinski definition) is 11. The van der Waals surface area contributed by atoms with E-state index in [0.29, 0.717) is 29.7 Å². The highest BCUT2D eigenvalue weighted by Crippen LogP contribution is 2.25. The van der Waals surface area contributed by atoms with Gasteiger partial charge >= 0.3 is 0 Å². The number of unbranched alkanes of at least 4 members (excludes halogenated alkanes) is 1. The fourth-order valence-electron chi connectivity index (χ4n) is 9.90. The molecule has 5 aromatic rings. The van der Waals surface area contributed by atoms with Gasteiger partial charge in [-0.1, -0.05) is 80.4 Å². The molecule has 0 bridgehead atoms. The topological polar surface area (TPSA) is 376 Å². The van der Waals surface area contributed by atoms with Crippen LogP contribution in [0.4, 0.5) is 0 Å². The second kappa shape index (κ2) is 26.8. The molecular weight excluding hydrogens is 1000 g/mol. The molecule has 2 aliphatic heterocycles. The van der Waals surface area contributed by atoms with Gasteiger partial charge in [-0.2, -0.15) is 0 Å². The number of rotatable bonds is 14. The lowest BCUT2D eigenvalue weighted by molar-refractivity contribution is -0.142. The van der Waals surface area contributed by atoms with E-state index in [4.69, 9.17) is 17.2 Å². The third-order valence-electron chi connectivity index (χ3n) is 13.9. The van der Waals surface area contributed by atoms with Crippen LogP contribution in [0.25, 0.3) is 21.7 Å². The molecule has 24 heteroatoms. The average molecular weight is 1070 g/mol. The molecule has 2 fully saturated rings. The highest BCUT2D eigenvalue weighted by atomic mass is 16.2. The zero-order valence-electron chi connectivity index (χ0n) is 43.6. The molecule has 78 heavy (non-hydrogen) atoms. The first-order valence-corrected chi connectivity index (χ1v) is 26.2. The minimum Gasteiger partial charge on any atom is -0.370 e. The Morgan fingerprint density at radius 1 is 0.808 bits per heavy atom. The number of H-pyrrole nitrogens is 2. The number of primary amides is 1. The van der Waals surface area contributed by atoms with Crippen molar-refractivity contribution in [2.75, 3.05) is 13.1 Å². The molecule has 7 rings (SSSR count). The lowest BCUT2D eigenvalue weighted by Gasteiger charge is -2.31. The van der Waals surface area contributed by atoms with E-state index < -0.39 is 108 Å². The third-order valence-corrected chi connectivity index (χ3v) is 13.9. The molecule has 4 heterocycles. The van der Waals surface area contributed by atoms with Crippen LogP contribution in [0.1, 0.15) is 82.0 Å². The number of guanidine groups is 1. The molecule has 0 spiro atoms. The number of carbonyl (C=O) groups excluding carboxylic acids is 9. The first-order valence-electron chi connectivity index (χ1n) is 26.2. The summed E-state index contributed by atoms with van der Waals surface area (Å²) in [5.74, 6) is -7.10. The van der Waals surface area contributed by atoms with Gasteiger partial charge in [-0.25, -0.2) is 9.98 Å². The van der Waals surface area contributed by atoms with Gasteiger partial charge in [0.25, 0.3) is 0 Å². The Bertz CT molecular complexity index is 3010. The van der Waals surface area contributed by atoms with Gasteiger partial charge in [-0.15, -0.1) is 0 Å². The number of imidazole rings is 1. The van der Waals surface area contributed by atoms with Crippen molar-refractivity contribution in [1.29, 1.82) is 0 Å².